The van der Waals surface area contributed by atoms with Crippen molar-refractivity contribution in [3.63, 3.8) is 0 Å². The zero-order valence-electron chi connectivity index (χ0n) is 73.9. The fourth-order valence-corrected chi connectivity index (χ4v) is 19.2. The third-order valence-electron chi connectivity index (χ3n) is 23.4. The highest BCUT2D eigenvalue weighted by atomic mass is 33.1. The molecule has 0 unspecified atom stereocenters. The molecule has 4 aliphatic rings. The SMILES string of the molecule is CCCC[C@H](NC(=O)[C@H](CCC(=O)O)NC(=O)[C@@H](CCCNC(=N)N)NC(=O)[C@@H]1CCCN1C(=O)[C@@H]1CCCN1C(=O)[C@@H]1CSSC[C@H](CC(=O)[C@H](CCCNC(=N)N)NC(C)=O)C(=O)N2CCC[C@H]2C(=O)N[C@@H](Cc2c[nH]cn2)C(=O)N[C@H](Cc2ccccc2)C(=O)N[C@@H](Cc2c[nH]cn2)C(=O)N[C@@H](Cc2c[nH]c3ccccc23)C(=O)C1)C(=O)N[C@@H](CCCNC(=N)N)C(N)=O. The number of nitrogens with one attached hydrogen (secondary N) is 18. The number of imidazole rings is 2. The number of nitrogens with zero attached hydrogens (tertiary/aromatic N) is 5. The minimum absolute atomic E-state index is 0.00256. The van der Waals surface area contributed by atoms with Crippen LogP contribution in [0.1, 0.15) is 158 Å². The van der Waals surface area contributed by atoms with Gasteiger partial charge >= 0.3 is 5.97 Å². The quantitative estimate of drug-likeness (QED) is 0.00881. The van der Waals surface area contributed by atoms with Gasteiger partial charge in [0.25, 0.3) is 0 Å². The molecule has 2 aromatic carbocycles. The number of benzene rings is 2. The number of aliphatic carboxylic acids is 1. The summed E-state index contributed by atoms with van der Waals surface area (Å²) in [6, 6.07) is -0.849. The van der Waals surface area contributed by atoms with Crippen molar-refractivity contribution in [3.05, 3.63) is 108 Å². The second-order valence-electron chi connectivity index (χ2n) is 33.3. The van der Waals surface area contributed by atoms with Crippen molar-refractivity contribution in [2.24, 2.45) is 34.8 Å². The topological polar surface area (TPSA) is 696 Å². The van der Waals surface area contributed by atoms with Crippen LogP contribution >= 0.6 is 21.6 Å². The normalized spacial score (nSPS) is 21.3. The molecule has 4 fully saturated rings. The molecule has 0 spiro atoms. The Morgan fingerprint density at radius 2 is 1.04 bits per heavy atom. The predicted molar refractivity (Wildman–Crippen MR) is 488 cm³/mol. The van der Waals surface area contributed by atoms with Crippen molar-refractivity contribution in [1.82, 2.24) is 103 Å². The number of carbonyl (C=O) groups is 16. The molecule has 46 heteroatoms. The second-order valence-corrected chi connectivity index (χ2v) is 35.9. The van der Waals surface area contributed by atoms with Crippen LogP contribution in [0.2, 0.25) is 0 Å². The fraction of sp³-hybridized carbons (Fsp3) is 0.547. The molecule has 5 aromatic rings. The van der Waals surface area contributed by atoms with Crippen molar-refractivity contribution >= 4 is 145 Å². The summed E-state index contributed by atoms with van der Waals surface area (Å²) in [5.41, 5.74) is 24.6. The lowest BCUT2D eigenvalue weighted by Gasteiger charge is -2.33. The van der Waals surface area contributed by atoms with Crippen LogP contribution in [0, 0.1) is 28.1 Å². The van der Waals surface area contributed by atoms with Crippen LogP contribution in [-0.4, -0.2) is 280 Å². The van der Waals surface area contributed by atoms with Gasteiger partial charge < -0.3 is 121 Å². The van der Waals surface area contributed by atoms with E-state index in [2.05, 4.69) is 88.7 Å². The molecular formula is C86H123N27O17S2. The van der Waals surface area contributed by atoms with Gasteiger partial charge in [-0.25, -0.2) is 9.97 Å². The zero-order valence-corrected chi connectivity index (χ0v) is 75.6. The Kier molecular flexibility index (Phi) is 40.0. The Hall–Kier alpha value is -13.2. The number of amides is 13. The molecule has 0 bridgehead atoms. The summed E-state index contributed by atoms with van der Waals surface area (Å²) in [7, 11) is 2.11. The molecule has 0 radical (unpaired) electrons. The maximum Gasteiger partial charge on any atom is 0.303 e. The van der Waals surface area contributed by atoms with Crippen LogP contribution in [0.5, 0.6) is 0 Å². The number of hydrogen-bond acceptors (Lipinski definition) is 23. The predicted octanol–water partition coefficient (Wildman–Crippen LogP) is -1.88. The molecule has 4 saturated heterocycles. The lowest BCUT2D eigenvalue weighted by atomic mass is 9.93. The van der Waals surface area contributed by atoms with E-state index in [1.165, 1.54) is 46.7 Å². The number of aromatic amines is 3. The molecule has 716 valence electrons. The van der Waals surface area contributed by atoms with Gasteiger partial charge in [0.2, 0.25) is 76.8 Å². The van der Waals surface area contributed by atoms with Gasteiger partial charge in [-0.2, -0.15) is 0 Å². The van der Waals surface area contributed by atoms with E-state index in [-0.39, 0.29) is 165 Å². The molecular weight excluding hydrogens is 1750 g/mol. The summed E-state index contributed by atoms with van der Waals surface area (Å²) in [6.45, 7) is 3.30. The number of fused-ring (bicyclic) bond motifs is 2. The number of likely N-dealkylation sites (tertiary alicyclic amines) is 2. The summed E-state index contributed by atoms with van der Waals surface area (Å²) >= 11 is 0. The lowest BCUT2D eigenvalue weighted by Crippen LogP contribution is -2.60. The number of para-hydroxylation sites is 1. The van der Waals surface area contributed by atoms with Crippen molar-refractivity contribution in [2.45, 2.75) is 234 Å². The van der Waals surface area contributed by atoms with Crippen LogP contribution in [0.15, 0.2) is 85.8 Å². The number of primary amides is 1. The van der Waals surface area contributed by atoms with E-state index < -0.39 is 210 Å². The van der Waals surface area contributed by atoms with Gasteiger partial charge in [-0.1, -0.05) is 89.9 Å². The van der Waals surface area contributed by atoms with Crippen LogP contribution in [0.4, 0.5) is 0 Å². The number of Topliss-reactive ketones (excluding diaryl/α,β-unsaturated/α-hetero) is 2. The van der Waals surface area contributed by atoms with Crippen molar-refractivity contribution < 1.29 is 81.8 Å². The number of carboxylic acids is 1. The standard InChI is InChI=1S/C86H123N27O17S2/c1-3-4-19-59(73(120)103-58(72(87)119)22-11-30-97-85(90)91)104-75(122)61(27-28-71(117)118)105-74(121)60(23-12-31-98-86(92)93)106-79(126)67-25-14-33-112(67)83(130)68-26-15-34-113(68)82(129)52-38-70(116)62(36-50-41-99-56-20-9-8-18-55(50)56)107-77(124)64(39-53-42-94-46-100-53)109-76(123)63(35-49-16-6-5-7-17-49)108-78(125)65(40-54-43-95-47-101-54)110-80(127)66-24-13-32-111(66)81(128)51(44-131-132-45-52)37-69(115)57(102-48(2)114)21-10-29-96-84(88)89/h5-9,16-18,20,41-43,46-47,51-52,57-68,99H,3-4,10-15,19,21-40,44-45H2,1-2H3,(H2,87,119)(H,94,100)(H,95,101)(H,102,114)(H,103,120)(H,104,122)(H,105,121)(H,106,126)(H,107,124)(H,108,125)(H,109,123)(H,110,127)(H,117,118)(H4,88,89,96)(H4,90,91,97)(H4,92,93,98)/t51-,52-,57-,58-,59-,60+,61-,62-,63+,64-,65-,66-,67-,68-/m0/s1. The smallest absolute Gasteiger partial charge is 0.303 e. The number of ketones is 2. The van der Waals surface area contributed by atoms with Gasteiger partial charge in [0.15, 0.2) is 29.4 Å². The van der Waals surface area contributed by atoms with Crippen molar-refractivity contribution in [3.8, 4) is 0 Å². The average Bonchev–Trinajstić information content (AvgIpc) is 1.64. The number of hydrogen-bond donors (Lipinski definition) is 23. The molecule has 27 N–H and O–H groups in total. The summed E-state index contributed by atoms with van der Waals surface area (Å²) in [5, 5.41) is 65.9. The minimum atomic E-state index is -1.66. The van der Waals surface area contributed by atoms with E-state index in [4.69, 9.17) is 39.2 Å². The first-order valence-electron chi connectivity index (χ1n) is 44.5. The summed E-state index contributed by atoms with van der Waals surface area (Å²) in [4.78, 5) is 257. The molecule has 7 heterocycles. The van der Waals surface area contributed by atoms with E-state index in [0.717, 1.165) is 21.6 Å². The van der Waals surface area contributed by atoms with Crippen LogP contribution in [0.25, 0.3) is 10.9 Å². The van der Waals surface area contributed by atoms with Crippen LogP contribution in [-0.2, 0) is 102 Å². The maximum atomic E-state index is 16.1. The molecule has 0 saturated carbocycles. The molecule has 132 heavy (non-hydrogen) atoms. The zero-order chi connectivity index (χ0) is 95.5. The average molecular weight is 1870 g/mol. The van der Waals surface area contributed by atoms with Gasteiger partial charge in [-0.05, 0) is 107 Å². The third kappa shape index (κ3) is 31.3. The van der Waals surface area contributed by atoms with E-state index in [9.17, 15) is 38.7 Å². The Balaban J connectivity index is 1.05. The van der Waals surface area contributed by atoms with Gasteiger partial charge in [-0.15, -0.1) is 0 Å². The number of unbranched alkanes of at least 4 members (excludes halogenated alkanes) is 1. The first-order valence-corrected chi connectivity index (χ1v) is 46.9. The third-order valence-corrected chi connectivity index (χ3v) is 26.0. The lowest BCUT2D eigenvalue weighted by molar-refractivity contribution is -0.148. The first-order chi connectivity index (χ1) is 63.2. The summed E-state index contributed by atoms with van der Waals surface area (Å²) in [5.74, 6) is -17.3. The second kappa shape index (κ2) is 51.4. The Morgan fingerprint density at radius 3 is 1.60 bits per heavy atom. The van der Waals surface area contributed by atoms with Gasteiger partial charge in [0.05, 0.1) is 48.0 Å². The number of carboxylic acid groups (broad SMARTS) is 1. The largest absolute Gasteiger partial charge is 0.481 e. The van der Waals surface area contributed by atoms with E-state index in [1.54, 1.807) is 48.7 Å². The molecule has 0 aliphatic carbocycles. The molecule has 13 amide bonds. The van der Waals surface area contributed by atoms with Gasteiger partial charge in [-0.3, -0.25) is 92.9 Å². The van der Waals surface area contributed by atoms with Crippen LogP contribution in [0.3, 0.4) is 0 Å². The maximum absolute atomic E-state index is 16.1. The van der Waals surface area contributed by atoms with E-state index in [0.29, 0.717) is 52.7 Å². The van der Waals surface area contributed by atoms with Crippen LogP contribution < -0.4 is 86.7 Å². The van der Waals surface area contributed by atoms with Gasteiger partial charge in [0, 0.05) is 132 Å². The molecule has 3 aromatic heterocycles. The number of aromatic nitrogens is 5. The Morgan fingerprint density at radius 1 is 0.538 bits per heavy atom. The van der Waals surface area contributed by atoms with E-state index >= 15 is 43.2 Å². The van der Waals surface area contributed by atoms with Crippen molar-refractivity contribution in [2.75, 3.05) is 50.8 Å². The number of H-pyrrole nitrogens is 3. The Bertz CT molecular complexity index is 4870. The highest BCUT2D eigenvalue weighted by Gasteiger charge is 2.47. The molecule has 44 nitrogen and oxygen atoms in total. The first kappa shape index (κ1) is 103. The van der Waals surface area contributed by atoms with Crippen molar-refractivity contribution in [1.29, 1.82) is 16.2 Å². The Labute approximate surface area is 770 Å². The summed E-state index contributed by atoms with van der Waals surface area (Å²) < 4.78 is 0. The summed E-state index contributed by atoms with van der Waals surface area (Å²) in [6.07, 6.45) is 6.56. The molecule has 9 rings (SSSR count). The molecule has 14 atom stereocenters. The highest BCUT2D eigenvalue weighted by molar-refractivity contribution is 8.76. The highest BCUT2D eigenvalue weighted by Crippen LogP contribution is 2.35. The molecule has 4 aliphatic heterocycles. The number of rotatable bonds is 41. The van der Waals surface area contributed by atoms with E-state index in [1.807, 2.05) is 19.1 Å². The number of nitrogens with two attached hydrogens (primary N) is 4. The minimum Gasteiger partial charge on any atom is -0.481 e. The number of guanidine groups is 3. The monoisotopic (exact) mass is 1870 g/mol. The number of carbonyl (C=O) groups excluding carboxylic acids is 15. The van der Waals surface area contributed by atoms with Gasteiger partial charge in [0.1, 0.15) is 60.4 Å². The fourth-order valence-electron chi connectivity index (χ4n) is 16.6.